The van der Waals surface area contributed by atoms with Crippen LogP contribution in [0.1, 0.15) is 0 Å². The van der Waals surface area contributed by atoms with E-state index in [0.717, 1.165) is 26.2 Å². The van der Waals surface area contributed by atoms with E-state index in [9.17, 15) is 4.79 Å². The fourth-order valence-electron chi connectivity index (χ4n) is 1.46. The molecule has 0 aliphatic carbocycles. The van der Waals surface area contributed by atoms with E-state index >= 15 is 0 Å². The molecule has 0 aromatic heterocycles. The van der Waals surface area contributed by atoms with Gasteiger partial charge in [0.1, 0.15) is 0 Å². The summed E-state index contributed by atoms with van der Waals surface area (Å²) < 4.78 is 5.13. The number of nitrogens with zero attached hydrogens (tertiary/aromatic N) is 1. The largest absolute Gasteiger partial charge is 0.357 e. The van der Waals surface area contributed by atoms with E-state index in [1.54, 1.807) is 14.2 Å². The molecule has 0 aromatic rings. The van der Waals surface area contributed by atoms with Crippen molar-refractivity contribution in [3.05, 3.63) is 0 Å². The predicted octanol–water partition coefficient (Wildman–Crippen LogP) is -1.39. The maximum Gasteiger partial charge on any atom is 0.264 e. The third kappa shape index (κ3) is 2.65. The van der Waals surface area contributed by atoms with Crippen molar-refractivity contribution in [2.75, 3.05) is 40.3 Å². The van der Waals surface area contributed by atoms with Crippen LogP contribution < -0.4 is 10.6 Å². The SMILES string of the molecule is CNC(=O)C(OC)N1CCNCC1. The fourth-order valence-corrected chi connectivity index (χ4v) is 1.46. The highest BCUT2D eigenvalue weighted by molar-refractivity contribution is 5.80. The van der Waals surface area contributed by atoms with Gasteiger partial charge in [0.2, 0.25) is 0 Å². The van der Waals surface area contributed by atoms with E-state index in [0.29, 0.717) is 0 Å². The molecule has 1 saturated heterocycles. The second-order valence-corrected chi connectivity index (χ2v) is 2.99. The van der Waals surface area contributed by atoms with Crippen LogP contribution in [0, 0.1) is 0 Å². The molecule has 1 aliphatic rings. The third-order valence-electron chi connectivity index (χ3n) is 2.18. The summed E-state index contributed by atoms with van der Waals surface area (Å²) in [6, 6.07) is 0. The monoisotopic (exact) mass is 187 g/mol. The van der Waals surface area contributed by atoms with Crippen molar-refractivity contribution in [2.45, 2.75) is 6.23 Å². The molecule has 0 spiro atoms. The molecule has 5 nitrogen and oxygen atoms in total. The van der Waals surface area contributed by atoms with Crippen LogP contribution in [0.2, 0.25) is 0 Å². The molecule has 5 heteroatoms. The Hall–Kier alpha value is -0.650. The lowest BCUT2D eigenvalue weighted by molar-refractivity contribution is -0.143. The van der Waals surface area contributed by atoms with Gasteiger partial charge in [0.25, 0.3) is 5.91 Å². The summed E-state index contributed by atoms with van der Waals surface area (Å²) in [6.45, 7) is 3.53. The van der Waals surface area contributed by atoms with Gasteiger partial charge in [0, 0.05) is 40.3 Å². The Bertz CT molecular complexity index is 169. The van der Waals surface area contributed by atoms with Crippen molar-refractivity contribution in [1.29, 1.82) is 0 Å². The minimum atomic E-state index is -0.438. The molecule has 1 unspecified atom stereocenters. The van der Waals surface area contributed by atoms with Gasteiger partial charge in [-0.2, -0.15) is 0 Å². The van der Waals surface area contributed by atoms with E-state index in [-0.39, 0.29) is 5.91 Å². The number of nitrogens with one attached hydrogen (secondary N) is 2. The number of carbonyl (C=O) groups excluding carboxylic acids is 1. The minimum absolute atomic E-state index is 0.0793. The normalized spacial score (nSPS) is 21.1. The zero-order valence-corrected chi connectivity index (χ0v) is 8.17. The van der Waals surface area contributed by atoms with E-state index in [4.69, 9.17) is 4.74 Å². The summed E-state index contributed by atoms with van der Waals surface area (Å²) >= 11 is 0. The van der Waals surface area contributed by atoms with Crippen molar-refractivity contribution < 1.29 is 9.53 Å². The van der Waals surface area contributed by atoms with Crippen molar-refractivity contribution >= 4 is 5.91 Å². The Morgan fingerprint density at radius 3 is 2.62 bits per heavy atom. The van der Waals surface area contributed by atoms with Crippen molar-refractivity contribution in [1.82, 2.24) is 15.5 Å². The summed E-state index contributed by atoms with van der Waals surface area (Å²) in [5.74, 6) is -0.0793. The van der Waals surface area contributed by atoms with E-state index in [1.807, 2.05) is 4.90 Å². The zero-order chi connectivity index (χ0) is 9.68. The molecule has 0 radical (unpaired) electrons. The molecule has 0 bridgehead atoms. The van der Waals surface area contributed by atoms with Crippen molar-refractivity contribution in [2.24, 2.45) is 0 Å². The number of hydrogen-bond acceptors (Lipinski definition) is 4. The Balaban J connectivity index is 2.48. The zero-order valence-electron chi connectivity index (χ0n) is 8.17. The molecule has 1 fully saturated rings. The topological polar surface area (TPSA) is 53.6 Å². The number of methoxy groups -OCH3 is 1. The average molecular weight is 187 g/mol. The molecule has 1 heterocycles. The highest BCUT2D eigenvalue weighted by atomic mass is 16.5. The Morgan fingerprint density at radius 1 is 1.54 bits per heavy atom. The Kier molecular flexibility index (Phi) is 4.14. The van der Waals surface area contributed by atoms with E-state index in [1.165, 1.54) is 0 Å². The number of carbonyl (C=O) groups is 1. The Morgan fingerprint density at radius 2 is 2.15 bits per heavy atom. The van der Waals surface area contributed by atoms with Crippen LogP contribution in [0.3, 0.4) is 0 Å². The van der Waals surface area contributed by atoms with Crippen LogP contribution in [-0.2, 0) is 9.53 Å². The smallest absolute Gasteiger partial charge is 0.264 e. The van der Waals surface area contributed by atoms with Gasteiger partial charge in [0.15, 0.2) is 6.23 Å². The predicted molar refractivity (Wildman–Crippen MR) is 49.3 cm³/mol. The van der Waals surface area contributed by atoms with Crippen LogP contribution in [-0.4, -0.2) is 57.4 Å². The van der Waals surface area contributed by atoms with Crippen LogP contribution in [0.5, 0.6) is 0 Å². The second-order valence-electron chi connectivity index (χ2n) is 2.99. The maximum absolute atomic E-state index is 11.3. The molecule has 76 valence electrons. The van der Waals surface area contributed by atoms with Crippen molar-refractivity contribution in [3.63, 3.8) is 0 Å². The quantitative estimate of drug-likeness (QED) is 0.571. The van der Waals surface area contributed by atoms with Gasteiger partial charge in [-0.1, -0.05) is 0 Å². The molecule has 1 aliphatic heterocycles. The van der Waals surface area contributed by atoms with Crippen LogP contribution in [0.15, 0.2) is 0 Å². The second kappa shape index (κ2) is 5.16. The summed E-state index contributed by atoms with van der Waals surface area (Å²) in [6.07, 6.45) is -0.438. The summed E-state index contributed by atoms with van der Waals surface area (Å²) in [5.41, 5.74) is 0. The first kappa shape index (κ1) is 10.4. The molecule has 1 amide bonds. The van der Waals surface area contributed by atoms with Gasteiger partial charge in [0.05, 0.1) is 0 Å². The molecule has 2 N–H and O–H groups in total. The van der Waals surface area contributed by atoms with E-state index < -0.39 is 6.23 Å². The number of amides is 1. The third-order valence-corrected chi connectivity index (χ3v) is 2.18. The lowest BCUT2D eigenvalue weighted by Gasteiger charge is -2.32. The molecule has 13 heavy (non-hydrogen) atoms. The van der Waals surface area contributed by atoms with Gasteiger partial charge in [-0.25, -0.2) is 0 Å². The summed E-state index contributed by atoms with van der Waals surface area (Å²) in [5, 5.41) is 5.81. The summed E-state index contributed by atoms with van der Waals surface area (Å²) in [7, 11) is 3.18. The number of piperazine rings is 1. The van der Waals surface area contributed by atoms with Gasteiger partial charge in [-0.05, 0) is 0 Å². The molecule has 0 aromatic carbocycles. The molecular formula is C8H17N3O2. The highest BCUT2D eigenvalue weighted by Crippen LogP contribution is 2.01. The highest BCUT2D eigenvalue weighted by Gasteiger charge is 2.25. The average Bonchev–Trinajstić information content (AvgIpc) is 2.20. The minimum Gasteiger partial charge on any atom is -0.357 e. The number of rotatable bonds is 3. The van der Waals surface area contributed by atoms with Crippen molar-refractivity contribution in [3.8, 4) is 0 Å². The van der Waals surface area contributed by atoms with Gasteiger partial charge in [-0.15, -0.1) is 0 Å². The maximum atomic E-state index is 11.3. The standard InChI is InChI=1S/C8H17N3O2/c1-9-7(12)8(13-2)11-5-3-10-4-6-11/h8,10H,3-6H2,1-2H3,(H,9,12). The lowest BCUT2D eigenvalue weighted by atomic mass is 10.3. The number of likely N-dealkylation sites (N-methyl/N-ethyl adjacent to an activating group) is 1. The van der Waals surface area contributed by atoms with Gasteiger partial charge >= 0.3 is 0 Å². The summed E-state index contributed by atoms with van der Waals surface area (Å²) in [4.78, 5) is 13.4. The molecule has 1 atom stereocenters. The van der Waals surface area contributed by atoms with Crippen LogP contribution in [0.4, 0.5) is 0 Å². The number of hydrogen-bond donors (Lipinski definition) is 2. The van der Waals surface area contributed by atoms with E-state index in [2.05, 4.69) is 10.6 Å². The fraction of sp³-hybridized carbons (Fsp3) is 0.875. The Labute approximate surface area is 78.4 Å². The lowest BCUT2D eigenvalue weighted by Crippen LogP contribution is -2.54. The first-order valence-electron chi connectivity index (χ1n) is 4.48. The first-order chi connectivity index (χ1) is 6.29. The molecule has 1 rings (SSSR count). The molecular weight excluding hydrogens is 170 g/mol. The van der Waals surface area contributed by atoms with Gasteiger partial charge in [-0.3, -0.25) is 9.69 Å². The molecule has 0 saturated carbocycles. The van der Waals surface area contributed by atoms with Gasteiger partial charge < -0.3 is 15.4 Å². The van der Waals surface area contributed by atoms with Crippen LogP contribution >= 0.6 is 0 Å². The van der Waals surface area contributed by atoms with Crippen LogP contribution in [0.25, 0.3) is 0 Å². The first-order valence-corrected chi connectivity index (χ1v) is 4.48. The number of ether oxygens (including phenoxy) is 1.